The molecule has 0 aliphatic heterocycles. The number of carbonyl (C=O) groups is 1. The lowest BCUT2D eigenvalue weighted by Crippen LogP contribution is -2.34. The molecular formula is C12H16N2O2. The molecule has 0 radical (unpaired) electrons. The summed E-state index contributed by atoms with van der Waals surface area (Å²) in [6, 6.07) is 5.35. The van der Waals surface area contributed by atoms with Gasteiger partial charge in [-0.2, -0.15) is 0 Å². The topological polar surface area (TPSA) is 75.3 Å². The van der Waals surface area contributed by atoms with Crippen LogP contribution in [0.25, 0.3) is 0 Å². The molecule has 86 valence electrons. The Labute approximate surface area is 94.5 Å². The number of hydrogen-bond donors (Lipinski definition) is 3. The Morgan fingerprint density at radius 3 is 2.75 bits per heavy atom. The van der Waals surface area contributed by atoms with Crippen LogP contribution >= 0.6 is 0 Å². The molecule has 16 heavy (non-hydrogen) atoms. The molecule has 1 aromatic rings. The summed E-state index contributed by atoms with van der Waals surface area (Å²) in [4.78, 5) is 11.0. The molecular weight excluding hydrogens is 204 g/mol. The Kier molecular flexibility index (Phi) is 2.73. The third kappa shape index (κ3) is 2.10. The molecule has 0 spiro atoms. The second-order valence-corrected chi connectivity index (χ2v) is 4.53. The van der Waals surface area contributed by atoms with E-state index in [0.29, 0.717) is 17.4 Å². The average Bonchev–Trinajstić information content (AvgIpc) is 2.17. The molecule has 1 fully saturated rings. The maximum atomic E-state index is 11.0. The van der Waals surface area contributed by atoms with E-state index in [4.69, 9.17) is 10.8 Å². The van der Waals surface area contributed by atoms with Gasteiger partial charge in [-0.3, -0.25) is 0 Å². The highest BCUT2D eigenvalue weighted by atomic mass is 16.4. The summed E-state index contributed by atoms with van der Waals surface area (Å²) >= 11 is 0. The lowest BCUT2D eigenvalue weighted by molar-refractivity contribution is 0.0698. The molecule has 2 rings (SSSR count). The van der Waals surface area contributed by atoms with E-state index in [0.717, 1.165) is 18.8 Å². The molecule has 4 N–H and O–H groups in total. The molecule has 0 amide bonds. The molecule has 1 saturated carbocycles. The summed E-state index contributed by atoms with van der Waals surface area (Å²) in [5, 5.41) is 12.3. The van der Waals surface area contributed by atoms with Gasteiger partial charge in [0.1, 0.15) is 0 Å². The van der Waals surface area contributed by atoms with Crippen LogP contribution in [0, 0.1) is 5.92 Å². The number of nitrogens with two attached hydrogens (primary N) is 1. The predicted octanol–water partition coefficient (Wildman–Crippen LogP) is 2.18. The number of aromatic carboxylic acids is 1. The molecule has 0 atom stereocenters. The quantitative estimate of drug-likeness (QED) is 0.682. The second-order valence-electron chi connectivity index (χ2n) is 4.53. The molecule has 0 bridgehead atoms. The fourth-order valence-corrected chi connectivity index (χ4v) is 2.10. The van der Waals surface area contributed by atoms with Gasteiger partial charge in [-0.05, 0) is 37.0 Å². The first-order valence-corrected chi connectivity index (χ1v) is 5.45. The van der Waals surface area contributed by atoms with Gasteiger partial charge in [0.15, 0.2) is 0 Å². The molecule has 1 aliphatic rings. The van der Waals surface area contributed by atoms with Crippen LogP contribution in [0.15, 0.2) is 18.2 Å². The van der Waals surface area contributed by atoms with E-state index in [1.54, 1.807) is 12.1 Å². The van der Waals surface area contributed by atoms with Crippen molar-refractivity contribution in [1.29, 1.82) is 0 Å². The minimum Gasteiger partial charge on any atom is -0.478 e. The van der Waals surface area contributed by atoms with E-state index in [9.17, 15) is 4.79 Å². The Balaban J connectivity index is 2.16. The third-order valence-electron chi connectivity index (χ3n) is 3.01. The molecule has 0 saturated heterocycles. The number of nitrogen functional groups attached to an aromatic ring is 1. The monoisotopic (exact) mass is 220 g/mol. The second kappa shape index (κ2) is 4.04. The maximum absolute atomic E-state index is 11.0. The minimum atomic E-state index is -0.942. The number of carboxylic acid groups (broad SMARTS) is 1. The van der Waals surface area contributed by atoms with Crippen LogP contribution in [0.1, 0.15) is 30.1 Å². The highest BCUT2D eigenvalue weighted by molar-refractivity contribution is 5.95. The molecule has 4 heteroatoms. The van der Waals surface area contributed by atoms with Gasteiger partial charge in [-0.25, -0.2) is 4.79 Å². The van der Waals surface area contributed by atoms with Crippen molar-refractivity contribution < 1.29 is 9.90 Å². The van der Waals surface area contributed by atoms with E-state index >= 15 is 0 Å². The first-order valence-electron chi connectivity index (χ1n) is 5.45. The van der Waals surface area contributed by atoms with Crippen LogP contribution < -0.4 is 11.1 Å². The lowest BCUT2D eigenvalue weighted by atomic mass is 9.81. The molecule has 0 heterocycles. The third-order valence-corrected chi connectivity index (χ3v) is 3.01. The van der Waals surface area contributed by atoms with Crippen molar-refractivity contribution in [3.63, 3.8) is 0 Å². The van der Waals surface area contributed by atoms with Crippen molar-refractivity contribution >= 4 is 17.3 Å². The first-order chi connectivity index (χ1) is 7.56. The summed E-state index contributed by atoms with van der Waals surface area (Å²) in [5.74, 6) is -0.207. The van der Waals surface area contributed by atoms with Crippen LogP contribution in [0.3, 0.4) is 0 Å². The normalized spacial score (nSPS) is 23.6. The van der Waals surface area contributed by atoms with Crippen LogP contribution in [-0.4, -0.2) is 17.1 Å². The Bertz CT molecular complexity index is 411. The van der Waals surface area contributed by atoms with E-state index in [1.165, 1.54) is 6.07 Å². The van der Waals surface area contributed by atoms with Gasteiger partial charge in [0.25, 0.3) is 0 Å². The standard InChI is InChI=1S/C12H16N2O2/c1-7-4-9(5-7)14-11-3-2-8(13)6-10(11)12(15)16/h2-3,6-7,9,14H,4-5,13H2,1H3,(H,15,16). The van der Waals surface area contributed by atoms with Crippen molar-refractivity contribution in [1.82, 2.24) is 0 Å². The fraction of sp³-hybridized carbons (Fsp3) is 0.417. The van der Waals surface area contributed by atoms with Gasteiger partial charge in [-0.15, -0.1) is 0 Å². The average molecular weight is 220 g/mol. The highest BCUT2D eigenvalue weighted by Crippen LogP contribution is 2.31. The molecule has 1 aromatic carbocycles. The number of hydrogen-bond acceptors (Lipinski definition) is 3. The zero-order valence-corrected chi connectivity index (χ0v) is 9.23. The predicted molar refractivity (Wildman–Crippen MR) is 63.6 cm³/mol. The Morgan fingerprint density at radius 2 is 2.19 bits per heavy atom. The molecule has 0 aromatic heterocycles. The van der Waals surface area contributed by atoms with Crippen LogP contribution in [-0.2, 0) is 0 Å². The molecule has 4 nitrogen and oxygen atoms in total. The van der Waals surface area contributed by atoms with Crippen LogP contribution in [0.2, 0.25) is 0 Å². The first kappa shape index (κ1) is 10.8. The van der Waals surface area contributed by atoms with E-state index < -0.39 is 5.97 Å². The number of carboxylic acids is 1. The summed E-state index contributed by atoms with van der Waals surface area (Å²) in [5.41, 5.74) is 6.97. The van der Waals surface area contributed by atoms with Gasteiger partial charge in [0.05, 0.1) is 5.56 Å². The van der Waals surface area contributed by atoms with Crippen molar-refractivity contribution in [2.24, 2.45) is 5.92 Å². The summed E-state index contributed by atoms with van der Waals surface area (Å²) in [6.45, 7) is 2.19. The lowest BCUT2D eigenvalue weighted by Gasteiger charge is -2.34. The van der Waals surface area contributed by atoms with Crippen molar-refractivity contribution in [3.8, 4) is 0 Å². The Hall–Kier alpha value is -1.71. The highest BCUT2D eigenvalue weighted by Gasteiger charge is 2.26. The number of anilines is 2. The summed E-state index contributed by atoms with van der Waals surface area (Å²) in [7, 11) is 0. The van der Waals surface area contributed by atoms with Gasteiger partial charge < -0.3 is 16.2 Å². The zero-order valence-electron chi connectivity index (χ0n) is 9.23. The van der Waals surface area contributed by atoms with Gasteiger partial charge >= 0.3 is 5.97 Å². The van der Waals surface area contributed by atoms with Crippen molar-refractivity contribution in [3.05, 3.63) is 23.8 Å². The number of nitrogens with one attached hydrogen (secondary N) is 1. The SMILES string of the molecule is CC1CC(Nc2ccc(N)cc2C(=O)O)C1. The summed E-state index contributed by atoms with van der Waals surface area (Å²) < 4.78 is 0. The van der Waals surface area contributed by atoms with E-state index in [2.05, 4.69) is 12.2 Å². The number of benzene rings is 1. The van der Waals surface area contributed by atoms with Crippen LogP contribution in [0.4, 0.5) is 11.4 Å². The smallest absolute Gasteiger partial charge is 0.337 e. The largest absolute Gasteiger partial charge is 0.478 e. The van der Waals surface area contributed by atoms with Crippen molar-refractivity contribution in [2.45, 2.75) is 25.8 Å². The van der Waals surface area contributed by atoms with Gasteiger partial charge in [0.2, 0.25) is 0 Å². The van der Waals surface area contributed by atoms with E-state index in [-0.39, 0.29) is 5.56 Å². The van der Waals surface area contributed by atoms with Gasteiger partial charge in [0, 0.05) is 17.4 Å². The summed E-state index contributed by atoms with van der Waals surface area (Å²) in [6.07, 6.45) is 2.20. The van der Waals surface area contributed by atoms with E-state index in [1.807, 2.05) is 0 Å². The molecule has 1 aliphatic carbocycles. The Morgan fingerprint density at radius 1 is 1.50 bits per heavy atom. The van der Waals surface area contributed by atoms with Crippen LogP contribution in [0.5, 0.6) is 0 Å². The fourth-order valence-electron chi connectivity index (χ4n) is 2.10. The minimum absolute atomic E-state index is 0.250. The van der Waals surface area contributed by atoms with Crippen molar-refractivity contribution in [2.75, 3.05) is 11.1 Å². The molecule has 0 unspecified atom stereocenters. The van der Waals surface area contributed by atoms with Gasteiger partial charge in [-0.1, -0.05) is 6.92 Å². The maximum Gasteiger partial charge on any atom is 0.337 e. The number of rotatable bonds is 3. The zero-order chi connectivity index (χ0) is 11.7.